The van der Waals surface area contributed by atoms with Crippen LogP contribution in [0.25, 0.3) is 0 Å². The van der Waals surface area contributed by atoms with E-state index in [0.717, 1.165) is 19.6 Å². The molecule has 0 spiro atoms. The Morgan fingerprint density at radius 1 is 1.29 bits per heavy atom. The van der Waals surface area contributed by atoms with Crippen molar-refractivity contribution in [2.24, 2.45) is 0 Å². The first-order valence-electron chi connectivity index (χ1n) is 5.19. The van der Waals surface area contributed by atoms with E-state index in [4.69, 9.17) is 11.6 Å². The highest BCUT2D eigenvalue weighted by molar-refractivity contribution is 14.1. The lowest BCUT2D eigenvalue weighted by molar-refractivity contribution is 0.223. The van der Waals surface area contributed by atoms with Crippen molar-refractivity contribution in [2.45, 2.75) is 20.0 Å². The first kappa shape index (κ1) is 13.3. The molecule has 4 heteroatoms. The zero-order valence-corrected chi connectivity index (χ0v) is 13.2. The van der Waals surface area contributed by atoms with E-state index in [1.165, 1.54) is 4.88 Å². The first-order valence-corrected chi connectivity index (χ1v) is 7.46. The third kappa shape index (κ3) is 2.84. The van der Waals surface area contributed by atoms with Crippen LogP contribution >= 0.6 is 45.5 Å². The molecule has 0 saturated heterocycles. The van der Waals surface area contributed by atoms with Gasteiger partial charge in [0.2, 0.25) is 0 Å². The van der Waals surface area contributed by atoms with Gasteiger partial charge in [-0.25, -0.2) is 0 Å². The van der Waals surface area contributed by atoms with Gasteiger partial charge in [-0.3, -0.25) is 0 Å². The molecule has 0 saturated carbocycles. The normalized spacial score (nSPS) is 12.8. The van der Waals surface area contributed by atoms with Crippen LogP contribution in [-0.2, 0) is 0 Å². The van der Waals surface area contributed by atoms with Crippen LogP contribution in [0.2, 0.25) is 5.02 Å². The smallest absolute Gasteiger partial charge is 0.114 e. The van der Waals surface area contributed by atoms with Gasteiger partial charge in [0.05, 0.1) is 5.02 Å². The summed E-state index contributed by atoms with van der Waals surface area (Å²) in [5.41, 5.74) is 1.98. The Morgan fingerprint density at radius 2 is 2.00 bits per heavy atom. The van der Waals surface area contributed by atoms with Gasteiger partial charge in [-0.1, -0.05) is 17.7 Å². The molecule has 17 heavy (non-hydrogen) atoms. The van der Waals surface area contributed by atoms with Crippen LogP contribution in [0, 0.1) is 17.4 Å². The van der Waals surface area contributed by atoms with Crippen molar-refractivity contribution >= 4 is 45.5 Å². The molecule has 0 aliphatic heterocycles. The largest absolute Gasteiger partial charge is 0.383 e. The Labute approximate surface area is 124 Å². The summed E-state index contributed by atoms with van der Waals surface area (Å²) in [6.07, 6.45) is -0.580. The van der Waals surface area contributed by atoms with E-state index in [-0.39, 0.29) is 0 Å². The highest BCUT2D eigenvalue weighted by Crippen LogP contribution is 2.33. The molecule has 0 amide bonds. The Kier molecular flexibility index (Phi) is 4.13. The van der Waals surface area contributed by atoms with Crippen molar-refractivity contribution in [1.82, 2.24) is 0 Å². The number of aliphatic hydroxyl groups excluding tert-OH is 1. The maximum absolute atomic E-state index is 10.4. The maximum atomic E-state index is 10.4. The lowest BCUT2D eigenvalue weighted by atomic mass is 10.1. The van der Waals surface area contributed by atoms with Crippen LogP contribution in [0.4, 0.5) is 0 Å². The molecule has 90 valence electrons. The second kappa shape index (κ2) is 5.26. The van der Waals surface area contributed by atoms with Gasteiger partial charge in [-0.15, -0.1) is 11.3 Å². The average Bonchev–Trinajstić information content (AvgIpc) is 2.61. The number of rotatable bonds is 2. The van der Waals surface area contributed by atoms with Crippen molar-refractivity contribution < 1.29 is 5.11 Å². The topological polar surface area (TPSA) is 20.2 Å². The molecule has 1 heterocycles. The van der Waals surface area contributed by atoms with Crippen LogP contribution < -0.4 is 0 Å². The Bertz CT molecular complexity index is 550. The summed E-state index contributed by atoms with van der Waals surface area (Å²) in [6, 6.07) is 7.78. The number of hydrogen-bond donors (Lipinski definition) is 1. The highest BCUT2D eigenvalue weighted by atomic mass is 127. The van der Waals surface area contributed by atoms with Crippen LogP contribution in [0.1, 0.15) is 27.0 Å². The SMILES string of the molecule is Cc1cc(C)c(C(O)c2ccc(I)c(Cl)c2)s1. The molecule has 1 aromatic heterocycles. The first-order chi connectivity index (χ1) is 7.99. The lowest BCUT2D eigenvalue weighted by Crippen LogP contribution is -1.99. The minimum atomic E-state index is -0.580. The third-order valence-electron chi connectivity index (χ3n) is 2.59. The fraction of sp³-hybridized carbons (Fsp3) is 0.231. The molecule has 1 atom stereocenters. The van der Waals surface area contributed by atoms with Gasteiger partial charge in [-0.2, -0.15) is 0 Å². The fourth-order valence-electron chi connectivity index (χ4n) is 1.76. The van der Waals surface area contributed by atoms with Gasteiger partial charge in [0.1, 0.15) is 6.10 Å². The molecule has 1 nitrogen and oxygen atoms in total. The molecule has 0 aliphatic carbocycles. The average molecular weight is 379 g/mol. The van der Waals surface area contributed by atoms with E-state index in [9.17, 15) is 5.11 Å². The van der Waals surface area contributed by atoms with Gasteiger partial charge >= 0.3 is 0 Å². The molecule has 0 aliphatic rings. The number of halogens is 2. The van der Waals surface area contributed by atoms with Crippen molar-refractivity contribution in [3.63, 3.8) is 0 Å². The molecule has 0 fully saturated rings. The lowest BCUT2D eigenvalue weighted by Gasteiger charge is -2.11. The van der Waals surface area contributed by atoms with Crippen LogP contribution in [0.15, 0.2) is 24.3 Å². The van der Waals surface area contributed by atoms with Crippen molar-refractivity contribution in [3.05, 3.63) is 53.7 Å². The summed E-state index contributed by atoms with van der Waals surface area (Å²) < 4.78 is 0.999. The predicted molar refractivity (Wildman–Crippen MR) is 82.0 cm³/mol. The van der Waals surface area contributed by atoms with Gasteiger partial charge in [0.25, 0.3) is 0 Å². The fourth-order valence-corrected chi connectivity index (χ4v) is 3.34. The summed E-state index contributed by atoms with van der Waals surface area (Å²) in [4.78, 5) is 2.22. The van der Waals surface area contributed by atoms with Crippen LogP contribution in [-0.4, -0.2) is 5.11 Å². The molecule has 0 bridgehead atoms. The van der Waals surface area contributed by atoms with E-state index in [1.54, 1.807) is 11.3 Å². The summed E-state index contributed by atoms with van der Waals surface area (Å²) in [7, 11) is 0. The molecule has 1 aromatic carbocycles. The van der Waals surface area contributed by atoms with Crippen molar-refractivity contribution in [1.29, 1.82) is 0 Å². The predicted octanol–water partition coefficient (Wildman–Crippen LogP) is 4.70. The molecule has 1 N–H and O–H groups in total. The Balaban J connectivity index is 2.40. The minimum absolute atomic E-state index is 0.580. The number of aliphatic hydroxyl groups is 1. The molecule has 1 unspecified atom stereocenters. The zero-order valence-electron chi connectivity index (χ0n) is 9.50. The Hall–Kier alpha value is -0.100. The van der Waals surface area contributed by atoms with Crippen LogP contribution in [0.5, 0.6) is 0 Å². The molecular formula is C13H12ClIOS. The molecular weight excluding hydrogens is 367 g/mol. The number of benzene rings is 1. The van der Waals surface area contributed by atoms with Gasteiger partial charge in [0, 0.05) is 13.3 Å². The minimum Gasteiger partial charge on any atom is -0.383 e. The van der Waals surface area contributed by atoms with Gasteiger partial charge in [0.15, 0.2) is 0 Å². The van der Waals surface area contributed by atoms with Gasteiger partial charge < -0.3 is 5.11 Å². The summed E-state index contributed by atoms with van der Waals surface area (Å²) in [5.74, 6) is 0. The number of thiophene rings is 1. The van der Waals surface area contributed by atoms with Crippen molar-refractivity contribution in [2.75, 3.05) is 0 Å². The molecule has 2 rings (SSSR count). The second-order valence-corrected chi connectivity index (χ2v) is 6.84. The highest BCUT2D eigenvalue weighted by Gasteiger charge is 2.16. The van der Waals surface area contributed by atoms with E-state index in [2.05, 4.69) is 35.6 Å². The number of hydrogen-bond acceptors (Lipinski definition) is 2. The summed E-state index contributed by atoms with van der Waals surface area (Å²) >= 11 is 9.89. The third-order valence-corrected chi connectivity index (χ3v) is 5.36. The van der Waals surface area contributed by atoms with E-state index in [1.807, 2.05) is 25.1 Å². The molecule has 0 radical (unpaired) electrons. The van der Waals surface area contributed by atoms with Crippen LogP contribution in [0.3, 0.4) is 0 Å². The Morgan fingerprint density at radius 3 is 2.53 bits per heavy atom. The number of aryl methyl sites for hydroxylation is 2. The quantitative estimate of drug-likeness (QED) is 0.751. The van der Waals surface area contributed by atoms with E-state index >= 15 is 0 Å². The monoisotopic (exact) mass is 378 g/mol. The van der Waals surface area contributed by atoms with E-state index < -0.39 is 6.10 Å². The summed E-state index contributed by atoms with van der Waals surface area (Å²) in [6.45, 7) is 4.07. The maximum Gasteiger partial charge on any atom is 0.114 e. The second-order valence-electron chi connectivity index (χ2n) is 3.98. The van der Waals surface area contributed by atoms with Gasteiger partial charge in [-0.05, 0) is 65.8 Å². The van der Waals surface area contributed by atoms with E-state index in [0.29, 0.717) is 5.02 Å². The standard InChI is InChI=1S/C13H12ClIOS/c1-7-5-8(2)17-13(7)12(16)9-3-4-11(15)10(14)6-9/h3-6,12,16H,1-2H3. The van der Waals surface area contributed by atoms with Crippen molar-refractivity contribution in [3.8, 4) is 0 Å². The molecule has 2 aromatic rings. The zero-order chi connectivity index (χ0) is 12.6. The summed E-state index contributed by atoms with van der Waals surface area (Å²) in [5, 5.41) is 11.0.